The molecule has 0 aliphatic rings. The number of nitrogens with one attached hydrogen (secondary N) is 1. The molecule has 1 heterocycles. The second-order valence-electron chi connectivity index (χ2n) is 6.10. The smallest absolute Gasteiger partial charge is 0.231 e. The Balaban J connectivity index is 0.00000264. The molecule has 0 radical (unpaired) electrons. The maximum atomic E-state index is 12.6. The lowest BCUT2D eigenvalue weighted by Gasteiger charge is -2.28. The summed E-state index contributed by atoms with van der Waals surface area (Å²) < 4.78 is 1.96. The van der Waals surface area contributed by atoms with Gasteiger partial charge in [0.15, 0.2) is 0 Å². The van der Waals surface area contributed by atoms with Crippen molar-refractivity contribution in [1.29, 1.82) is 0 Å². The van der Waals surface area contributed by atoms with E-state index in [2.05, 4.69) is 24.3 Å². The molecular formula is C17H27ClN4O. The van der Waals surface area contributed by atoms with E-state index >= 15 is 0 Å². The van der Waals surface area contributed by atoms with Crippen LogP contribution in [0.2, 0.25) is 0 Å². The Kier molecular flexibility index (Phi) is 6.59. The van der Waals surface area contributed by atoms with Gasteiger partial charge in [0.25, 0.3) is 0 Å². The van der Waals surface area contributed by atoms with Crippen LogP contribution in [-0.4, -0.2) is 22.2 Å². The summed E-state index contributed by atoms with van der Waals surface area (Å²) in [6.45, 7) is 8.55. The van der Waals surface area contributed by atoms with Crippen molar-refractivity contribution < 1.29 is 4.79 Å². The molecule has 23 heavy (non-hydrogen) atoms. The largest absolute Gasteiger partial charge is 0.329 e. The summed E-state index contributed by atoms with van der Waals surface area (Å²) in [6.07, 6.45) is 3.32. The molecule has 2 aromatic rings. The number of nitrogens with zero attached hydrogens (tertiary/aromatic N) is 2. The van der Waals surface area contributed by atoms with Crippen LogP contribution in [0.4, 0.5) is 5.69 Å². The van der Waals surface area contributed by atoms with Crippen LogP contribution in [0.25, 0.3) is 10.9 Å². The Morgan fingerprint density at radius 2 is 2.00 bits per heavy atom. The van der Waals surface area contributed by atoms with Crippen molar-refractivity contribution in [2.75, 3.05) is 11.9 Å². The lowest BCUT2D eigenvalue weighted by molar-refractivity contribution is -0.125. The Hall–Kier alpha value is -1.59. The lowest BCUT2D eigenvalue weighted by atomic mass is 9.81. The van der Waals surface area contributed by atoms with Gasteiger partial charge in [0.1, 0.15) is 0 Å². The number of hydrogen-bond donors (Lipinski definition) is 2. The predicted octanol–water partition coefficient (Wildman–Crippen LogP) is 3.74. The number of fused-ring (bicyclic) bond motifs is 1. The van der Waals surface area contributed by atoms with Crippen LogP contribution in [0.3, 0.4) is 0 Å². The van der Waals surface area contributed by atoms with Gasteiger partial charge >= 0.3 is 0 Å². The molecule has 0 spiro atoms. The summed E-state index contributed by atoms with van der Waals surface area (Å²) >= 11 is 0. The summed E-state index contributed by atoms with van der Waals surface area (Å²) in [7, 11) is 0. The molecule has 1 aromatic heterocycles. The third kappa shape index (κ3) is 3.67. The quantitative estimate of drug-likeness (QED) is 0.842. The van der Waals surface area contributed by atoms with E-state index in [0.717, 1.165) is 29.4 Å². The molecule has 6 heteroatoms. The molecule has 0 saturated carbocycles. The summed E-state index contributed by atoms with van der Waals surface area (Å²) in [5.74, 6) is -0.00466. The highest BCUT2D eigenvalue weighted by atomic mass is 35.5. The van der Waals surface area contributed by atoms with Crippen molar-refractivity contribution in [3.05, 3.63) is 24.4 Å². The number of anilines is 1. The molecule has 2 rings (SSSR count). The average molecular weight is 339 g/mol. The van der Waals surface area contributed by atoms with E-state index in [9.17, 15) is 4.79 Å². The Morgan fingerprint density at radius 3 is 2.52 bits per heavy atom. The van der Waals surface area contributed by atoms with Crippen molar-refractivity contribution in [1.82, 2.24) is 9.78 Å². The summed E-state index contributed by atoms with van der Waals surface area (Å²) in [6, 6.07) is 6.16. The third-order valence-corrected chi connectivity index (χ3v) is 4.57. The van der Waals surface area contributed by atoms with E-state index in [4.69, 9.17) is 5.73 Å². The molecule has 5 nitrogen and oxygen atoms in total. The van der Waals surface area contributed by atoms with Gasteiger partial charge < -0.3 is 11.1 Å². The molecule has 128 valence electrons. The Morgan fingerprint density at radius 1 is 1.35 bits per heavy atom. The third-order valence-electron chi connectivity index (χ3n) is 4.57. The molecule has 0 fully saturated rings. The second-order valence-corrected chi connectivity index (χ2v) is 6.10. The molecular weight excluding hydrogens is 312 g/mol. The average Bonchev–Trinajstić information content (AvgIpc) is 2.93. The first-order valence-electron chi connectivity index (χ1n) is 7.96. The van der Waals surface area contributed by atoms with Crippen molar-refractivity contribution in [3.63, 3.8) is 0 Å². The molecule has 0 aliphatic carbocycles. The number of amides is 1. The van der Waals surface area contributed by atoms with Crippen LogP contribution >= 0.6 is 12.4 Å². The van der Waals surface area contributed by atoms with Gasteiger partial charge in [-0.1, -0.05) is 13.8 Å². The minimum atomic E-state index is -0.493. The fourth-order valence-corrected chi connectivity index (χ4v) is 2.74. The second kappa shape index (κ2) is 7.79. The van der Waals surface area contributed by atoms with E-state index in [1.165, 1.54) is 0 Å². The topological polar surface area (TPSA) is 72.9 Å². The van der Waals surface area contributed by atoms with Crippen LogP contribution in [0.15, 0.2) is 24.4 Å². The van der Waals surface area contributed by atoms with Gasteiger partial charge in [0, 0.05) is 23.7 Å². The van der Waals surface area contributed by atoms with E-state index in [-0.39, 0.29) is 24.4 Å². The first-order valence-corrected chi connectivity index (χ1v) is 7.96. The van der Waals surface area contributed by atoms with Gasteiger partial charge in [-0.3, -0.25) is 9.48 Å². The van der Waals surface area contributed by atoms with Gasteiger partial charge in [-0.15, -0.1) is 12.4 Å². The molecule has 1 aromatic carbocycles. The highest BCUT2D eigenvalue weighted by molar-refractivity contribution is 5.97. The number of carbonyl (C=O) groups excluding carboxylic acids is 1. The normalized spacial score (nSPS) is 11.6. The summed E-state index contributed by atoms with van der Waals surface area (Å²) in [5, 5.41) is 8.49. The fourth-order valence-electron chi connectivity index (χ4n) is 2.74. The van der Waals surface area contributed by atoms with Crippen LogP contribution in [0.1, 0.15) is 46.6 Å². The van der Waals surface area contributed by atoms with Gasteiger partial charge in [-0.25, -0.2) is 0 Å². The zero-order chi connectivity index (χ0) is 16.3. The standard InChI is InChI=1S/C17H26N4O.ClH/c1-5-17(6-2,11-18)16(22)20-14-8-7-13-10-19-21(12(3)4)15(13)9-14;/h7-10,12H,5-6,11,18H2,1-4H3,(H,20,22);1H. The van der Waals surface area contributed by atoms with Crippen LogP contribution in [-0.2, 0) is 4.79 Å². The molecule has 1 amide bonds. The van der Waals surface area contributed by atoms with Gasteiger partial charge in [-0.2, -0.15) is 5.10 Å². The Bertz CT molecular complexity index is 653. The zero-order valence-electron chi connectivity index (χ0n) is 14.3. The number of carbonyl (C=O) groups is 1. The summed E-state index contributed by atoms with van der Waals surface area (Å²) in [5.41, 5.74) is 7.17. The van der Waals surface area contributed by atoms with E-state index in [0.29, 0.717) is 6.54 Å². The molecule has 0 saturated heterocycles. The van der Waals surface area contributed by atoms with Crippen molar-refractivity contribution >= 4 is 34.9 Å². The van der Waals surface area contributed by atoms with Crippen LogP contribution in [0, 0.1) is 5.41 Å². The highest BCUT2D eigenvalue weighted by Crippen LogP contribution is 2.28. The Labute approximate surface area is 144 Å². The van der Waals surface area contributed by atoms with Gasteiger partial charge in [0.05, 0.1) is 17.1 Å². The van der Waals surface area contributed by atoms with E-state index in [1.54, 1.807) is 0 Å². The minimum absolute atomic E-state index is 0. The molecule has 0 aliphatic heterocycles. The predicted molar refractivity (Wildman–Crippen MR) is 98.1 cm³/mol. The summed E-state index contributed by atoms with van der Waals surface area (Å²) in [4.78, 5) is 12.6. The van der Waals surface area contributed by atoms with Gasteiger partial charge in [0.2, 0.25) is 5.91 Å². The van der Waals surface area contributed by atoms with E-state index < -0.39 is 5.41 Å². The monoisotopic (exact) mass is 338 g/mol. The highest BCUT2D eigenvalue weighted by Gasteiger charge is 2.33. The number of nitrogens with two attached hydrogens (primary N) is 1. The number of rotatable bonds is 6. The van der Waals surface area contributed by atoms with E-state index in [1.807, 2.05) is 42.9 Å². The van der Waals surface area contributed by atoms with Crippen molar-refractivity contribution in [2.45, 2.75) is 46.6 Å². The maximum Gasteiger partial charge on any atom is 0.231 e. The number of benzene rings is 1. The lowest BCUT2D eigenvalue weighted by Crippen LogP contribution is -2.41. The SMILES string of the molecule is CCC(CC)(CN)C(=O)Nc1ccc2cnn(C(C)C)c2c1.Cl. The first kappa shape index (κ1) is 19.5. The van der Waals surface area contributed by atoms with Crippen LogP contribution < -0.4 is 11.1 Å². The number of hydrogen-bond acceptors (Lipinski definition) is 3. The molecule has 0 atom stereocenters. The maximum absolute atomic E-state index is 12.6. The van der Waals surface area contributed by atoms with Gasteiger partial charge in [-0.05, 0) is 44.9 Å². The zero-order valence-corrected chi connectivity index (χ0v) is 15.1. The van der Waals surface area contributed by atoms with Crippen molar-refractivity contribution in [3.8, 4) is 0 Å². The molecule has 3 N–H and O–H groups in total. The van der Waals surface area contributed by atoms with Crippen molar-refractivity contribution in [2.24, 2.45) is 11.1 Å². The molecule has 0 bridgehead atoms. The molecule has 0 unspecified atom stereocenters. The number of aromatic nitrogens is 2. The first-order chi connectivity index (χ1) is 10.5. The minimum Gasteiger partial charge on any atom is -0.329 e. The number of halogens is 1. The fraction of sp³-hybridized carbons (Fsp3) is 0.529. The van der Waals surface area contributed by atoms with Crippen LogP contribution in [0.5, 0.6) is 0 Å².